The number of hydrogen-bond acceptors (Lipinski definition) is 3. The molecule has 1 unspecified atom stereocenters. The van der Waals surface area contributed by atoms with Gasteiger partial charge in [0.1, 0.15) is 11.3 Å². The highest BCUT2D eigenvalue weighted by molar-refractivity contribution is 5.97. The first-order chi connectivity index (χ1) is 8.06. The van der Waals surface area contributed by atoms with E-state index in [0.717, 1.165) is 0 Å². The fourth-order valence-electron chi connectivity index (χ4n) is 1.35. The first-order valence-electron chi connectivity index (χ1n) is 5.43. The number of ether oxygens (including phenoxy) is 1. The maximum Gasteiger partial charge on any atom is 0.256 e. The Labute approximate surface area is 101 Å². The van der Waals surface area contributed by atoms with Gasteiger partial charge in [-0.3, -0.25) is 4.79 Å². The minimum absolute atomic E-state index is 0.298. The molecule has 0 saturated carbocycles. The second-order valence-corrected chi connectivity index (χ2v) is 3.95. The number of carbonyl (C=O) groups excluding carboxylic acids is 1. The van der Waals surface area contributed by atoms with Crippen molar-refractivity contribution in [3.05, 3.63) is 29.8 Å². The average Bonchev–Trinajstić information content (AvgIpc) is 2.38. The lowest BCUT2D eigenvalue weighted by atomic mass is 10.0. The highest BCUT2D eigenvalue weighted by Gasteiger charge is 2.25. The van der Waals surface area contributed by atoms with E-state index in [1.165, 1.54) is 7.11 Å². The summed E-state index contributed by atoms with van der Waals surface area (Å²) < 4.78 is 5.10. The van der Waals surface area contributed by atoms with Crippen LogP contribution in [0.2, 0.25) is 0 Å². The van der Waals surface area contributed by atoms with Gasteiger partial charge in [0.25, 0.3) is 5.91 Å². The minimum atomic E-state index is -0.849. The molecule has 0 aliphatic heterocycles. The van der Waals surface area contributed by atoms with Gasteiger partial charge < -0.3 is 10.1 Å². The molecule has 0 aromatic heterocycles. The van der Waals surface area contributed by atoms with Gasteiger partial charge in [0.15, 0.2) is 0 Å². The van der Waals surface area contributed by atoms with Crippen LogP contribution in [-0.4, -0.2) is 18.6 Å². The summed E-state index contributed by atoms with van der Waals surface area (Å²) in [5, 5.41) is 11.7. The van der Waals surface area contributed by atoms with Gasteiger partial charge in [-0.2, -0.15) is 5.26 Å². The first kappa shape index (κ1) is 13.0. The third-order valence-corrected chi connectivity index (χ3v) is 2.69. The van der Waals surface area contributed by atoms with E-state index in [0.29, 0.717) is 17.7 Å². The molecule has 1 atom stereocenters. The normalized spacial score (nSPS) is 13.3. The third kappa shape index (κ3) is 2.97. The van der Waals surface area contributed by atoms with Crippen LogP contribution in [0.1, 0.15) is 30.6 Å². The summed E-state index contributed by atoms with van der Waals surface area (Å²) in [5.74, 6) is 0.203. The minimum Gasteiger partial charge on any atom is -0.496 e. The van der Waals surface area contributed by atoms with Crippen molar-refractivity contribution in [2.75, 3.05) is 7.11 Å². The van der Waals surface area contributed by atoms with Crippen LogP contribution in [0, 0.1) is 11.3 Å². The van der Waals surface area contributed by atoms with Crippen molar-refractivity contribution in [3.8, 4) is 11.8 Å². The monoisotopic (exact) mass is 232 g/mol. The molecule has 4 nitrogen and oxygen atoms in total. The van der Waals surface area contributed by atoms with E-state index >= 15 is 0 Å². The summed E-state index contributed by atoms with van der Waals surface area (Å²) in [5.41, 5.74) is -0.414. The van der Waals surface area contributed by atoms with E-state index in [2.05, 4.69) is 11.4 Å². The number of methoxy groups -OCH3 is 1. The van der Waals surface area contributed by atoms with E-state index in [-0.39, 0.29) is 5.91 Å². The maximum atomic E-state index is 12.0. The lowest BCUT2D eigenvalue weighted by molar-refractivity contribution is 0.0920. The number of benzene rings is 1. The lowest BCUT2D eigenvalue weighted by Gasteiger charge is -2.21. The van der Waals surface area contributed by atoms with Crippen LogP contribution in [0.4, 0.5) is 0 Å². The summed E-state index contributed by atoms with van der Waals surface area (Å²) in [6, 6.07) is 9.02. The van der Waals surface area contributed by atoms with Crippen molar-refractivity contribution >= 4 is 5.91 Å². The van der Waals surface area contributed by atoms with Crippen LogP contribution in [0.25, 0.3) is 0 Å². The number of hydrogen-bond donors (Lipinski definition) is 1. The summed E-state index contributed by atoms with van der Waals surface area (Å²) in [7, 11) is 1.51. The van der Waals surface area contributed by atoms with Gasteiger partial charge in [0.2, 0.25) is 0 Å². The second-order valence-electron chi connectivity index (χ2n) is 3.95. The largest absolute Gasteiger partial charge is 0.496 e. The lowest BCUT2D eigenvalue weighted by Crippen LogP contribution is -2.44. The van der Waals surface area contributed by atoms with E-state index in [1.807, 2.05) is 6.92 Å². The Morgan fingerprint density at radius 3 is 2.71 bits per heavy atom. The number of nitrogens with zero attached hydrogens (tertiary/aromatic N) is 1. The summed E-state index contributed by atoms with van der Waals surface area (Å²) in [6.07, 6.45) is 0.546. The number of para-hydroxylation sites is 1. The SMILES string of the molecule is CCC(C)(C#N)NC(=O)c1ccccc1OC. The fraction of sp³-hybridized carbons (Fsp3) is 0.385. The number of nitrogens with one attached hydrogen (secondary N) is 1. The van der Waals surface area contributed by atoms with Gasteiger partial charge in [0, 0.05) is 0 Å². The number of carbonyl (C=O) groups is 1. The van der Waals surface area contributed by atoms with Crippen LogP contribution in [0.5, 0.6) is 5.75 Å². The number of nitriles is 1. The van der Waals surface area contributed by atoms with Crippen LogP contribution in [0.15, 0.2) is 24.3 Å². The highest BCUT2D eigenvalue weighted by Crippen LogP contribution is 2.18. The maximum absolute atomic E-state index is 12.0. The van der Waals surface area contributed by atoms with Crippen molar-refractivity contribution in [1.82, 2.24) is 5.32 Å². The summed E-state index contributed by atoms with van der Waals surface area (Å²) in [6.45, 7) is 3.55. The Bertz CT molecular complexity index is 451. The molecule has 0 saturated heterocycles. The topological polar surface area (TPSA) is 62.1 Å². The molecule has 1 aromatic rings. The molecular weight excluding hydrogens is 216 g/mol. The van der Waals surface area contributed by atoms with Gasteiger partial charge in [-0.05, 0) is 25.5 Å². The van der Waals surface area contributed by atoms with E-state index in [4.69, 9.17) is 10.00 Å². The van der Waals surface area contributed by atoms with Crippen LogP contribution in [-0.2, 0) is 0 Å². The van der Waals surface area contributed by atoms with E-state index < -0.39 is 5.54 Å². The molecule has 0 aliphatic rings. The van der Waals surface area contributed by atoms with Gasteiger partial charge in [-0.25, -0.2) is 0 Å². The molecule has 0 aliphatic carbocycles. The first-order valence-corrected chi connectivity index (χ1v) is 5.43. The Hall–Kier alpha value is -2.02. The zero-order valence-corrected chi connectivity index (χ0v) is 10.3. The molecule has 4 heteroatoms. The molecule has 0 spiro atoms. The summed E-state index contributed by atoms with van der Waals surface area (Å²) >= 11 is 0. The quantitative estimate of drug-likeness (QED) is 0.864. The van der Waals surface area contributed by atoms with Crippen molar-refractivity contribution in [2.45, 2.75) is 25.8 Å². The Morgan fingerprint density at radius 2 is 2.18 bits per heavy atom. The Kier molecular flexibility index (Phi) is 4.11. The molecule has 0 fully saturated rings. The molecule has 0 radical (unpaired) electrons. The van der Waals surface area contributed by atoms with Crippen LogP contribution >= 0.6 is 0 Å². The van der Waals surface area contributed by atoms with Crippen LogP contribution in [0.3, 0.4) is 0 Å². The predicted octanol–water partition coefficient (Wildman–Crippen LogP) is 2.12. The molecule has 0 bridgehead atoms. The number of amides is 1. The third-order valence-electron chi connectivity index (χ3n) is 2.69. The van der Waals surface area contributed by atoms with Gasteiger partial charge in [-0.15, -0.1) is 0 Å². The Morgan fingerprint density at radius 1 is 1.53 bits per heavy atom. The van der Waals surface area contributed by atoms with Crippen molar-refractivity contribution in [2.24, 2.45) is 0 Å². The fourth-order valence-corrected chi connectivity index (χ4v) is 1.35. The second kappa shape index (κ2) is 5.35. The number of rotatable bonds is 4. The van der Waals surface area contributed by atoms with Crippen molar-refractivity contribution in [3.63, 3.8) is 0 Å². The molecular formula is C13H16N2O2. The van der Waals surface area contributed by atoms with E-state index in [1.54, 1.807) is 31.2 Å². The zero-order valence-electron chi connectivity index (χ0n) is 10.3. The van der Waals surface area contributed by atoms with Gasteiger partial charge in [-0.1, -0.05) is 19.1 Å². The molecule has 1 rings (SSSR count). The standard InChI is InChI=1S/C13H16N2O2/c1-4-13(2,9-14)15-12(16)10-7-5-6-8-11(10)17-3/h5-8H,4H2,1-3H3,(H,15,16). The molecule has 0 heterocycles. The molecule has 1 aromatic carbocycles. The van der Waals surface area contributed by atoms with Crippen molar-refractivity contribution in [1.29, 1.82) is 5.26 Å². The molecule has 1 N–H and O–H groups in total. The van der Waals surface area contributed by atoms with Crippen LogP contribution < -0.4 is 10.1 Å². The molecule has 1 amide bonds. The van der Waals surface area contributed by atoms with Crippen molar-refractivity contribution < 1.29 is 9.53 Å². The highest BCUT2D eigenvalue weighted by atomic mass is 16.5. The smallest absolute Gasteiger partial charge is 0.256 e. The molecule has 90 valence electrons. The van der Waals surface area contributed by atoms with Gasteiger partial charge >= 0.3 is 0 Å². The summed E-state index contributed by atoms with van der Waals surface area (Å²) in [4.78, 5) is 12.0. The van der Waals surface area contributed by atoms with Gasteiger partial charge in [0.05, 0.1) is 18.7 Å². The zero-order chi connectivity index (χ0) is 12.9. The average molecular weight is 232 g/mol. The van der Waals surface area contributed by atoms with E-state index in [9.17, 15) is 4.79 Å². The predicted molar refractivity (Wildman–Crippen MR) is 64.8 cm³/mol. The Balaban J connectivity index is 2.95. The molecule has 17 heavy (non-hydrogen) atoms.